The molecule has 2 atom stereocenters. The zero-order chi connectivity index (χ0) is 15.4. The van der Waals surface area contributed by atoms with Crippen LogP contribution in [0.25, 0.3) is 0 Å². The molecule has 5 nitrogen and oxygen atoms in total. The van der Waals surface area contributed by atoms with Crippen molar-refractivity contribution < 1.29 is 14.6 Å². The van der Waals surface area contributed by atoms with Crippen LogP contribution in [-0.4, -0.2) is 48.3 Å². The molecule has 120 valence electrons. The molecule has 1 amide bonds. The minimum Gasteiger partial charge on any atom is -0.392 e. The van der Waals surface area contributed by atoms with Crippen LogP contribution < -0.4 is 5.32 Å². The van der Waals surface area contributed by atoms with Gasteiger partial charge < -0.3 is 15.2 Å². The highest BCUT2D eigenvalue weighted by molar-refractivity contribution is 5.92. The molecule has 0 aliphatic carbocycles. The second-order valence-electron chi connectivity index (χ2n) is 6.28. The third-order valence-electron chi connectivity index (χ3n) is 4.38. The molecule has 22 heavy (non-hydrogen) atoms. The zero-order valence-corrected chi connectivity index (χ0v) is 12.8. The quantitative estimate of drug-likeness (QED) is 0.887. The molecule has 2 unspecified atom stereocenters. The number of hydrogen-bond acceptors (Lipinski definition) is 4. The van der Waals surface area contributed by atoms with Gasteiger partial charge in [0, 0.05) is 31.9 Å². The van der Waals surface area contributed by atoms with Crippen LogP contribution in [0.1, 0.15) is 24.8 Å². The van der Waals surface area contributed by atoms with Crippen molar-refractivity contribution >= 4 is 11.6 Å². The molecule has 2 N–H and O–H groups in total. The molecular weight excluding hydrogens is 280 g/mol. The minimum atomic E-state index is -0.200. The largest absolute Gasteiger partial charge is 0.392 e. The van der Waals surface area contributed by atoms with Crippen LogP contribution >= 0.6 is 0 Å². The SMILES string of the molecule is O=C(Nc1cccc(CN2CCC(O)C2)c1)C1CCCOC1. The highest BCUT2D eigenvalue weighted by Gasteiger charge is 2.22. The standard InChI is InChI=1S/C17H24N2O3/c20-16-6-7-19(11-16)10-13-3-1-5-15(9-13)18-17(21)14-4-2-8-22-12-14/h1,3,5,9,14,16,20H,2,4,6-8,10-12H2,(H,18,21). The Morgan fingerprint density at radius 1 is 1.41 bits per heavy atom. The minimum absolute atomic E-state index is 0.0360. The average molecular weight is 304 g/mol. The normalized spacial score (nSPS) is 26.0. The van der Waals surface area contributed by atoms with E-state index in [-0.39, 0.29) is 17.9 Å². The molecule has 2 aliphatic heterocycles. The van der Waals surface area contributed by atoms with E-state index >= 15 is 0 Å². The fourth-order valence-corrected chi connectivity index (χ4v) is 3.15. The fourth-order valence-electron chi connectivity index (χ4n) is 3.15. The number of β-amino-alcohol motifs (C(OH)–C–C–N with tert-alkyl or cyclic N) is 1. The number of nitrogens with zero attached hydrogens (tertiary/aromatic N) is 1. The number of nitrogens with one attached hydrogen (secondary N) is 1. The summed E-state index contributed by atoms with van der Waals surface area (Å²) >= 11 is 0. The Balaban J connectivity index is 1.57. The van der Waals surface area contributed by atoms with Crippen molar-refractivity contribution in [1.82, 2.24) is 4.90 Å². The molecule has 3 rings (SSSR count). The van der Waals surface area contributed by atoms with Crippen molar-refractivity contribution in [1.29, 1.82) is 0 Å². The van der Waals surface area contributed by atoms with Gasteiger partial charge in [0.15, 0.2) is 0 Å². The van der Waals surface area contributed by atoms with Crippen molar-refractivity contribution in [2.45, 2.75) is 31.9 Å². The molecule has 0 saturated carbocycles. The number of aliphatic hydroxyl groups is 1. The first-order chi connectivity index (χ1) is 10.7. The topological polar surface area (TPSA) is 61.8 Å². The van der Waals surface area contributed by atoms with Gasteiger partial charge in [-0.1, -0.05) is 12.1 Å². The lowest BCUT2D eigenvalue weighted by molar-refractivity contribution is -0.123. The van der Waals surface area contributed by atoms with E-state index in [4.69, 9.17) is 4.74 Å². The van der Waals surface area contributed by atoms with Gasteiger partial charge in [-0.25, -0.2) is 0 Å². The van der Waals surface area contributed by atoms with Crippen molar-refractivity contribution in [2.75, 3.05) is 31.6 Å². The van der Waals surface area contributed by atoms with Crippen molar-refractivity contribution in [3.8, 4) is 0 Å². The van der Waals surface area contributed by atoms with E-state index in [2.05, 4.69) is 16.3 Å². The molecule has 2 saturated heterocycles. The maximum Gasteiger partial charge on any atom is 0.229 e. The van der Waals surface area contributed by atoms with E-state index in [1.807, 2.05) is 18.2 Å². The van der Waals surface area contributed by atoms with Gasteiger partial charge in [0.25, 0.3) is 0 Å². The Morgan fingerprint density at radius 3 is 3.05 bits per heavy atom. The third-order valence-corrected chi connectivity index (χ3v) is 4.38. The summed E-state index contributed by atoms with van der Waals surface area (Å²) in [5.41, 5.74) is 2.00. The second kappa shape index (κ2) is 7.22. The van der Waals surface area contributed by atoms with Crippen LogP contribution in [0.15, 0.2) is 24.3 Å². The Hall–Kier alpha value is -1.43. The summed E-state index contributed by atoms with van der Waals surface area (Å²) < 4.78 is 5.37. The lowest BCUT2D eigenvalue weighted by Gasteiger charge is -2.21. The fraction of sp³-hybridized carbons (Fsp3) is 0.588. The Kier molecular flexibility index (Phi) is 5.08. The summed E-state index contributed by atoms with van der Waals surface area (Å²) in [6.45, 7) is 3.76. The molecule has 1 aromatic rings. The second-order valence-corrected chi connectivity index (χ2v) is 6.28. The molecule has 2 heterocycles. The first-order valence-electron chi connectivity index (χ1n) is 8.08. The number of carbonyl (C=O) groups is 1. The molecule has 0 radical (unpaired) electrons. The number of carbonyl (C=O) groups excluding carboxylic acids is 1. The van der Waals surface area contributed by atoms with Crippen molar-refractivity contribution in [3.63, 3.8) is 0 Å². The molecule has 5 heteroatoms. The summed E-state index contributed by atoms with van der Waals surface area (Å²) in [6.07, 6.45) is 2.50. The van der Waals surface area contributed by atoms with Crippen LogP contribution in [0, 0.1) is 5.92 Å². The number of likely N-dealkylation sites (tertiary alicyclic amines) is 1. The predicted molar refractivity (Wildman–Crippen MR) is 84.5 cm³/mol. The van der Waals surface area contributed by atoms with E-state index < -0.39 is 0 Å². The number of aliphatic hydroxyl groups excluding tert-OH is 1. The molecule has 1 aromatic carbocycles. The molecule has 0 aromatic heterocycles. The predicted octanol–water partition coefficient (Wildman–Crippen LogP) is 1.62. The van der Waals surface area contributed by atoms with E-state index in [0.717, 1.165) is 56.8 Å². The van der Waals surface area contributed by atoms with E-state index in [0.29, 0.717) is 6.61 Å². The van der Waals surface area contributed by atoms with Crippen molar-refractivity contribution in [2.24, 2.45) is 5.92 Å². The van der Waals surface area contributed by atoms with Gasteiger partial charge in [-0.15, -0.1) is 0 Å². The van der Waals surface area contributed by atoms with E-state index in [1.54, 1.807) is 0 Å². The molecule has 2 fully saturated rings. The monoisotopic (exact) mass is 304 g/mol. The maximum absolute atomic E-state index is 12.2. The first kappa shape index (κ1) is 15.5. The summed E-state index contributed by atoms with van der Waals surface area (Å²) in [7, 11) is 0. The molecule has 2 aliphatic rings. The van der Waals surface area contributed by atoms with Gasteiger partial charge in [-0.2, -0.15) is 0 Å². The average Bonchev–Trinajstić information content (AvgIpc) is 2.93. The number of ether oxygens (including phenoxy) is 1. The zero-order valence-electron chi connectivity index (χ0n) is 12.8. The van der Waals surface area contributed by atoms with E-state index in [9.17, 15) is 9.90 Å². The summed E-state index contributed by atoms with van der Waals surface area (Å²) in [4.78, 5) is 14.5. The van der Waals surface area contributed by atoms with Crippen LogP contribution in [0.2, 0.25) is 0 Å². The molecule has 0 spiro atoms. The third kappa shape index (κ3) is 4.06. The number of anilines is 1. The van der Waals surface area contributed by atoms with Gasteiger partial charge in [-0.05, 0) is 37.0 Å². The van der Waals surface area contributed by atoms with Crippen LogP contribution in [-0.2, 0) is 16.1 Å². The van der Waals surface area contributed by atoms with Crippen LogP contribution in [0.3, 0.4) is 0 Å². The maximum atomic E-state index is 12.2. The van der Waals surface area contributed by atoms with Gasteiger partial charge in [0.1, 0.15) is 0 Å². The number of rotatable bonds is 4. The number of amides is 1. The van der Waals surface area contributed by atoms with Gasteiger partial charge in [-0.3, -0.25) is 9.69 Å². The van der Waals surface area contributed by atoms with Crippen LogP contribution in [0.5, 0.6) is 0 Å². The van der Waals surface area contributed by atoms with Crippen LogP contribution in [0.4, 0.5) is 5.69 Å². The number of hydrogen-bond donors (Lipinski definition) is 2. The summed E-state index contributed by atoms with van der Waals surface area (Å²) in [5, 5.41) is 12.6. The lowest BCUT2D eigenvalue weighted by Crippen LogP contribution is -2.30. The first-order valence-corrected chi connectivity index (χ1v) is 8.08. The van der Waals surface area contributed by atoms with Gasteiger partial charge in [0.2, 0.25) is 5.91 Å². The lowest BCUT2D eigenvalue weighted by atomic mass is 10.0. The van der Waals surface area contributed by atoms with E-state index in [1.165, 1.54) is 0 Å². The Morgan fingerprint density at radius 2 is 2.32 bits per heavy atom. The molecule has 0 bridgehead atoms. The molecular formula is C17H24N2O3. The smallest absolute Gasteiger partial charge is 0.229 e. The number of benzene rings is 1. The Labute approximate surface area is 131 Å². The highest BCUT2D eigenvalue weighted by Crippen LogP contribution is 2.19. The Bertz CT molecular complexity index is 514. The summed E-state index contributed by atoms with van der Waals surface area (Å²) in [6, 6.07) is 7.97. The van der Waals surface area contributed by atoms with Gasteiger partial charge in [0.05, 0.1) is 18.6 Å². The van der Waals surface area contributed by atoms with Crippen molar-refractivity contribution in [3.05, 3.63) is 29.8 Å². The van der Waals surface area contributed by atoms with Gasteiger partial charge >= 0.3 is 0 Å². The highest BCUT2D eigenvalue weighted by atomic mass is 16.5. The summed E-state index contributed by atoms with van der Waals surface area (Å²) in [5.74, 6) is 0.0135.